The van der Waals surface area contributed by atoms with Crippen LogP contribution in [0.2, 0.25) is 0 Å². The van der Waals surface area contributed by atoms with E-state index in [1.54, 1.807) is 0 Å². The van der Waals surface area contributed by atoms with Gasteiger partial charge < -0.3 is 5.32 Å². The molecule has 0 fully saturated rings. The molecule has 1 aromatic carbocycles. The Balaban J connectivity index is 2.19. The maximum absolute atomic E-state index is 4.56. The Morgan fingerprint density at radius 2 is 1.85 bits per heavy atom. The van der Waals surface area contributed by atoms with E-state index in [1.165, 1.54) is 5.56 Å². The van der Waals surface area contributed by atoms with Gasteiger partial charge in [0.05, 0.1) is 0 Å². The van der Waals surface area contributed by atoms with Crippen LogP contribution >= 0.6 is 0 Å². The molecule has 0 saturated carbocycles. The van der Waals surface area contributed by atoms with Gasteiger partial charge in [-0.1, -0.05) is 37.3 Å². The van der Waals surface area contributed by atoms with Crippen LogP contribution < -0.4 is 5.32 Å². The summed E-state index contributed by atoms with van der Waals surface area (Å²) in [5, 5.41) is 3.61. The van der Waals surface area contributed by atoms with Gasteiger partial charge in [-0.15, -0.1) is 0 Å². The van der Waals surface area contributed by atoms with Gasteiger partial charge in [0.25, 0.3) is 0 Å². The molecule has 1 N–H and O–H groups in total. The minimum Gasteiger partial charge on any atom is -0.310 e. The molecule has 0 radical (unpaired) electrons. The van der Waals surface area contributed by atoms with E-state index in [2.05, 4.69) is 58.6 Å². The van der Waals surface area contributed by atoms with Crippen LogP contribution in [0.15, 0.2) is 36.4 Å². The molecule has 1 aromatic heterocycles. The summed E-state index contributed by atoms with van der Waals surface area (Å²) in [4.78, 5) is 8.90. The molecule has 0 aliphatic carbocycles. The Kier molecular flexibility index (Phi) is 5.24. The molecule has 0 spiro atoms. The van der Waals surface area contributed by atoms with Crippen molar-refractivity contribution in [1.29, 1.82) is 0 Å². The lowest BCUT2D eigenvalue weighted by Crippen LogP contribution is -2.24. The maximum Gasteiger partial charge on any atom is 0.125 e. The van der Waals surface area contributed by atoms with Gasteiger partial charge in [-0.25, -0.2) is 9.97 Å². The Bertz CT molecular complexity index is 517. The number of nitrogens with one attached hydrogen (secondary N) is 1. The highest BCUT2D eigenvalue weighted by atomic mass is 14.9. The predicted molar refractivity (Wildman–Crippen MR) is 82.7 cm³/mol. The summed E-state index contributed by atoms with van der Waals surface area (Å²) < 4.78 is 0. The number of benzene rings is 1. The van der Waals surface area contributed by atoms with Gasteiger partial charge in [-0.3, -0.25) is 0 Å². The summed E-state index contributed by atoms with van der Waals surface area (Å²) in [7, 11) is 0. The summed E-state index contributed by atoms with van der Waals surface area (Å²) in [6.07, 6.45) is 2.03. The fourth-order valence-corrected chi connectivity index (χ4v) is 2.42. The van der Waals surface area contributed by atoms with Crippen molar-refractivity contribution >= 4 is 0 Å². The number of nitrogens with zero attached hydrogens (tertiary/aromatic N) is 2. The lowest BCUT2D eigenvalue weighted by molar-refractivity contribution is 0.523. The summed E-state index contributed by atoms with van der Waals surface area (Å²) in [5.41, 5.74) is 3.46. The highest BCUT2D eigenvalue weighted by Gasteiger charge is 2.12. The smallest absolute Gasteiger partial charge is 0.125 e. The quantitative estimate of drug-likeness (QED) is 0.873. The van der Waals surface area contributed by atoms with Crippen molar-refractivity contribution in [2.45, 2.75) is 39.7 Å². The van der Waals surface area contributed by atoms with E-state index < -0.39 is 0 Å². The summed E-state index contributed by atoms with van der Waals surface area (Å²) in [6.45, 7) is 7.18. The van der Waals surface area contributed by atoms with Crippen LogP contribution in [-0.2, 0) is 6.42 Å². The molecule has 3 heteroatoms. The van der Waals surface area contributed by atoms with Gasteiger partial charge in [0, 0.05) is 23.9 Å². The van der Waals surface area contributed by atoms with E-state index in [0.717, 1.165) is 36.6 Å². The van der Waals surface area contributed by atoms with Crippen molar-refractivity contribution in [3.63, 3.8) is 0 Å². The third-order valence-electron chi connectivity index (χ3n) is 3.28. The van der Waals surface area contributed by atoms with Gasteiger partial charge in [-0.05, 0) is 38.4 Å². The highest BCUT2D eigenvalue weighted by Crippen LogP contribution is 2.17. The van der Waals surface area contributed by atoms with Crippen LogP contribution in [0, 0.1) is 13.8 Å². The van der Waals surface area contributed by atoms with Crippen molar-refractivity contribution in [3.8, 4) is 0 Å². The van der Waals surface area contributed by atoms with Crippen LogP contribution in [-0.4, -0.2) is 16.5 Å². The van der Waals surface area contributed by atoms with Crippen LogP contribution in [0.3, 0.4) is 0 Å². The van der Waals surface area contributed by atoms with Gasteiger partial charge in [0.1, 0.15) is 5.82 Å². The predicted octanol–water partition coefficient (Wildman–Crippen LogP) is 3.38. The zero-order chi connectivity index (χ0) is 14.4. The average molecular weight is 269 g/mol. The molecule has 0 amide bonds. The Morgan fingerprint density at radius 3 is 2.50 bits per heavy atom. The van der Waals surface area contributed by atoms with Crippen LogP contribution in [0.25, 0.3) is 0 Å². The number of aromatic nitrogens is 2. The second-order valence-corrected chi connectivity index (χ2v) is 5.17. The molecule has 1 heterocycles. The molecule has 0 aliphatic heterocycles. The van der Waals surface area contributed by atoms with Crippen molar-refractivity contribution in [1.82, 2.24) is 15.3 Å². The highest BCUT2D eigenvalue weighted by molar-refractivity contribution is 5.22. The largest absolute Gasteiger partial charge is 0.310 e. The number of hydrogen-bond acceptors (Lipinski definition) is 3. The summed E-state index contributed by atoms with van der Waals surface area (Å²) >= 11 is 0. The minimum absolute atomic E-state index is 0.310. The van der Waals surface area contributed by atoms with Gasteiger partial charge in [0.2, 0.25) is 0 Å². The van der Waals surface area contributed by atoms with Gasteiger partial charge in [-0.2, -0.15) is 0 Å². The van der Waals surface area contributed by atoms with E-state index in [0.29, 0.717) is 6.04 Å². The van der Waals surface area contributed by atoms with E-state index in [-0.39, 0.29) is 0 Å². The SMILES string of the molecule is CCCNC(Cc1cc(C)nc(C)n1)c1ccccc1. The number of hydrogen-bond donors (Lipinski definition) is 1. The number of aryl methyl sites for hydroxylation is 2. The van der Waals surface area contributed by atoms with Crippen LogP contribution in [0.5, 0.6) is 0 Å². The van der Waals surface area contributed by atoms with E-state index in [9.17, 15) is 0 Å². The van der Waals surface area contributed by atoms with Crippen molar-refractivity contribution < 1.29 is 0 Å². The molecule has 2 rings (SSSR count). The average Bonchev–Trinajstić information content (AvgIpc) is 2.43. The molecule has 1 unspecified atom stereocenters. The maximum atomic E-state index is 4.56. The first-order valence-corrected chi connectivity index (χ1v) is 7.28. The topological polar surface area (TPSA) is 37.8 Å². The zero-order valence-corrected chi connectivity index (χ0v) is 12.6. The molecule has 1 atom stereocenters. The molecule has 0 saturated heterocycles. The molecule has 3 nitrogen and oxygen atoms in total. The monoisotopic (exact) mass is 269 g/mol. The first-order valence-electron chi connectivity index (χ1n) is 7.28. The van der Waals surface area contributed by atoms with E-state index in [4.69, 9.17) is 0 Å². The third kappa shape index (κ3) is 4.14. The zero-order valence-electron chi connectivity index (χ0n) is 12.6. The van der Waals surface area contributed by atoms with E-state index >= 15 is 0 Å². The lowest BCUT2D eigenvalue weighted by Gasteiger charge is -2.19. The first-order chi connectivity index (χ1) is 9.69. The normalized spacial score (nSPS) is 12.3. The Morgan fingerprint density at radius 1 is 1.10 bits per heavy atom. The first kappa shape index (κ1) is 14.7. The van der Waals surface area contributed by atoms with Crippen LogP contribution in [0.4, 0.5) is 0 Å². The molecule has 106 valence electrons. The minimum atomic E-state index is 0.310. The van der Waals surface area contributed by atoms with Gasteiger partial charge in [0.15, 0.2) is 0 Å². The summed E-state index contributed by atoms with van der Waals surface area (Å²) in [5.74, 6) is 0.849. The third-order valence-corrected chi connectivity index (χ3v) is 3.28. The number of rotatable bonds is 6. The fraction of sp³-hybridized carbons (Fsp3) is 0.412. The molecular formula is C17H23N3. The van der Waals surface area contributed by atoms with E-state index in [1.807, 2.05) is 13.8 Å². The molecular weight excluding hydrogens is 246 g/mol. The van der Waals surface area contributed by atoms with Crippen molar-refractivity contribution in [3.05, 3.63) is 59.2 Å². The van der Waals surface area contributed by atoms with Crippen LogP contribution in [0.1, 0.15) is 42.2 Å². The Hall–Kier alpha value is -1.74. The second kappa shape index (κ2) is 7.15. The van der Waals surface area contributed by atoms with Gasteiger partial charge >= 0.3 is 0 Å². The van der Waals surface area contributed by atoms with Crippen molar-refractivity contribution in [2.75, 3.05) is 6.54 Å². The molecule has 0 aliphatic rings. The Labute approximate surface area is 121 Å². The molecule has 2 aromatic rings. The lowest BCUT2D eigenvalue weighted by atomic mass is 10.0. The standard InChI is InChI=1S/C17H23N3/c1-4-10-18-17(15-8-6-5-7-9-15)12-16-11-13(2)19-14(3)20-16/h5-9,11,17-18H,4,10,12H2,1-3H3. The molecule has 20 heavy (non-hydrogen) atoms. The fourth-order valence-electron chi connectivity index (χ4n) is 2.42. The van der Waals surface area contributed by atoms with Crippen molar-refractivity contribution in [2.24, 2.45) is 0 Å². The second-order valence-electron chi connectivity index (χ2n) is 5.17. The summed E-state index contributed by atoms with van der Waals surface area (Å²) in [6, 6.07) is 13.0. The molecule has 0 bridgehead atoms.